The van der Waals surface area contributed by atoms with Crippen molar-refractivity contribution in [1.29, 1.82) is 0 Å². The largest absolute Gasteiger partial charge is 0.374 e. The summed E-state index contributed by atoms with van der Waals surface area (Å²) < 4.78 is 2.61. The van der Waals surface area contributed by atoms with Crippen LogP contribution < -0.4 is 5.73 Å². The van der Waals surface area contributed by atoms with E-state index < -0.39 is 0 Å². The molecule has 188 valence electrons. The molecule has 36 heavy (non-hydrogen) atoms. The van der Waals surface area contributed by atoms with Gasteiger partial charge in [0, 0.05) is 20.9 Å². The molecule has 0 aliphatic heterocycles. The number of hydrogen-bond donors (Lipinski definition) is 1. The van der Waals surface area contributed by atoms with Gasteiger partial charge < -0.3 is 5.73 Å². The topological polar surface area (TPSA) is 99.1 Å². The van der Waals surface area contributed by atoms with Gasteiger partial charge in [-0.2, -0.15) is 0 Å². The van der Waals surface area contributed by atoms with Crippen LogP contribution in [-0.4, -0.2) is 48.4 Å². The summed E-state index contributed by atoms with van der Waals surface area (Å²) in [6.07, 6.45) is 5.97. The second-order valence-corrected chi connectivity index (χ2v) is 12.1. The van der Waals surface area contributed by atoms with Crippen molar-refractivity contribution in [3.8, 4) is 11.3 Å². The zero-order valence-electron chi connectivity index (χ0n) is 18.9. The molecule has 0 unspecified atom stereocenters. The van der Waals surface area contributed by atoms with Crippen LogP contribution >= 0.6 is 85.3 Å². The Morgan fingerprint density at radius 1 is 0.972 bits per heavy atom. The molecule has 14 heteroatoms. The van der Waals surface area contributed by atoms with Crippen molar-refractivity contribution in [2.45, 2.75) is 9.79 Å². The second kappa shape index (κ2) is 14.3. The molecule has 5 rings (SSSR count). The van der Waals surface area contributed by atoms with Crippen molar-refractivity contribution in [1.82, 2.24) is 24.8 Å². The lowest BCUT2D eigenvalue weighted by molar-refractivity contribution is 0.102. The predicted molar refractivity (Wildman–Crippen MR) is 159 cm³/mol. The molecule has 0 fully saturated rings. The first-order valence-electron chi connectivity index (χ1n) is 9.96. The van der Waals surface area contributed by atoms with Gasteiger partial charge in [0.05, 0.1) is 17.2 Å². The van der Waals surface area contributed by atoms with Gasteiger partial charge in [0.15, 0.2) is 5.78 Å². The van der Waals surface area contributed by atoms with E-state index in [2.05, 4.69) is 66.7 Å². The lowest BCUT2D eigenvalue weighted by Crippen LogP contribution is -1.98. The van der Waals surface area contributed by atoms with Crippen LogP contribution in [0.15, 0.2) is 64.5 Å². The summed E-state index contributed by atoms with van der Waals surface area (Å²) in [5.41, 5.74) is 7.93. The number of carbonyl (C=O) groups excluding carboxylic acids is 1. The van der Waals surface area contributed by atoms with E-state index in [0.29, 0.717) is 19.4 Å². The van der Waals surface area contributed by atoms with Gasteiger partial charge in [0.2, 0.25) is 19.0 Å². The Balaban J connectivity index is 0.000000165. The fourth-order valence-electron chi connectivity index (χ4n) is 2.65. The second-order valence-electron chi connectivity index (χ2n) is 6.62. The summed E-state index contributed by atoms with van der Waals surface area (Å²) in [4.78, 5) is 18.9. The van der Waals surface area contributed by atoms with E-state index >= 15 is 0 Å². The number of nitrogen functional groups attached to an aromatic ring is 1. The van der Waals surface area contributed by atoms with Gasteiger partial charge >= 0.3 is 0 Å². The maximum Gasteiger partial charge on any atom is 0.213 e. The minimum Gasteiger partial charge on any atom is -0.374 e. The number of nitrogens with two attached hydrogens (primary N) is 1. The first-order valence-corrected chi connectivity index (χ1v) is 15.9. The first-order chi connectivity index (χ1) is 17.3. The standard InChI is InChI=1S/C11H8ClN3S2.C9H9BrOS.C2H2ClN3S/c1-16-8-4-2-7(3-5-8)9-6-15-11(13-9)17-10(12)14-15;1-12-8-4-2-7(3-5-8)9(11)6-10;3-1-5-6-2(4)7-1/h2-6H,1H3;2-5H,6H2,1H3;(H2,4,6). The van der Waals surface area contributed by atoms with Gasteiger partial charge in [0.25, 0.3) is 0 Å². The van der Waals surface area contributed by atoms with Crippen LogP contribution in [0.5, 0.6) is 0 Å². The third kappa shape index (κ3) is 8.44. The number of imidazole rings is 1. The number of rotatable bonds is 5. The number of thioether (sulfide) groups is 2. The molecule has 3 heterocycles. The van der Waals surface area contributed by atoms with Crippen LogP contribution in [0, 0.1) is 0 Å². The van der Waals surface area contributed by atoms with E-state index in [0.717, 1.165) is 33.1 Å². The summed E-state index contributed by atoms with van der Waals surface area (Å²) >= 11 is 20.2. The number of benzene rings is 2. The van der Waals surface area contributed by atoms with E-state index in [1.54, 1.807) is 28.0 Å². The predicted octanol–water partition coefficient (Wildman–Crippen LogP) is 7.59. The number of fused-ring (bicyclic) bond motifs is 1. The number of aromatic nitrogens is 5. The van der Waals surface area contributed by atoms with Gasteiger partial charge in [0.1, 0.15) is 0 Å². The van der Waals surface area contributed by atoms with E-state index in [1.165, 1.54) is 21.1 Å². The average molecular weight is 663 g/mol. The highest BCUT2D eigenvalue weighted by Gasteiger charge is 2.08. The van der Waals surface area contributed by atoms with Crippen molar-refractivity contribution in [3.05, 3.63) is 69.2 Å². The lowest BCUT2D eigenvalue weighted by atomic mass is 10.2. The Labute approximate surface area is 243 Å². The number of halogens is 3. The average Bonchev–Trinajstić information content (AvgIpc) is 3.58. The molecule has 0 saturated carbocycles. The molecule has 5 aromatic rings. The molecule has 0 saturated heterocycles. The third-order valence-electron chi connectivity index (χ3n) is 4.35. The van der Waals surface area contributed by atoms with E-state index in [1.807, 2.05) is 36.7 Å². The van der Waals surface area contributed by atoms with Crippen LogP contribution in [0.1, 0.15) is 10.4 Å². The van der Waals surface area contributed by atoms with E-state index in [-0.39, 0.29) is 5.78 Å². The Bertz CT molecular complexity index is 1360. The van der Waals surface area contributed by atoms with Gasteiger partial charge in [-0.25, -0.2) is 9.50 Å². The van der Waals surface area contributed by atoms with E-state index in [4.69, 9.17) is 28.9 Å². The highest BCUT2D eigenvalue weighted by molar-refractivity contribution is 9.09. The van der Waals surface area contributed by atoms with Gasteiger partial charge in [-0.15, -0.1) is 38.8 Å². The molecule has 3 aromatic heterocycles. The fraction of sp³-hybridized carbons (Fsp3) is 0.136. The maximum atomic E-state index is 11.2. The van der Waals surface area contributed by atoms with Crippen LogP contribution in [0.4, 0.5) is 5.13 Å². The maximum absolute atomic E-state index is 11.2. The molecule has 0 atom stereocenters. The Hall–Kier alpha value is -1.67. The molecular formula is C22H19BrCl2N6OS4. The van der Waals surface area contributed by atoms with Gasteiger partial charge in [-0.3, -0.25) is 4.79 Å². The molecule has 2 aromatic carbocycles. The number of ketones is 1. The van der Waals surface area contributed by atoms with Crippen LogP contribution in [0.2, 0.25) is 8.93 Å². The van der Waals surface area contributed by atoms with Crippen LogP contribution in [-0.2, 0) is 0 Å². The number of hydrogen-bond acceptors (Lipinski definition) is 10. The van der Waals surface area contributed by atoms with Gasteiger partial charge in [-0.05, 0) is 60.0 Å². The zero-order chi connectivity index (χ0) is 26.1. The Morgan fingerprint density at radius 2 is 1.58 bits per heavy atom. The monoisotopic (exact) mass is 660 g/mol. The number of anilines is 1. The summed E-state index contributed by atoms with van der Waals surface area (Å²) in [5.74, 6) is 0.127. The molecule has 0 spiro atoms. The van der Waals surface area contributed by atoms with Crippen molar-refractivity contribution in [3.63, 3.8) is 0 Å². The Morgan fingerprint density at radius 3 is 2.03 bits per heavy atom. The summed E-state index contributed by atoms with van der Waals surface area (Å²) in [5, 5.41) is 11.8. The minimum atomic E-state index is 0.127. The van der Waals surface area contributed by atoms with Crippen molar-refractivity contribution >= 4 is 101 Å². The highest BCUT2D eigenvalue weighted by Crippen LogP contribution is 2.25. The first kappa shape index (κ1) is 28.9. The Kier molecular flexibility index (Phi) is 11.5. The fourth-order valence-corrected chi connectivity index (χ4v) is 5.30. The van der Waals surface area contributed by atoms with Gasteiger partial charge in [-0.1, -0.05) is 62.9 Å². The SMILES string of the molecule is CSc1ccc(-c2cn3nc(Cl)sc3n2)cc1.CSc1ccc(C(=O)CBr)cc1.Nc1nnc(Cl)s1. The molecular weight excluding hydrogens is 643 g/mol. The molecule has 0 aliphatic rings. The summed E-state index contributed by atoms with van der Waals surface area (Å²) in [6.45, 7) is 0. The number of alkyl halides is 1. The van der Waals surface area contributed by atoms with Crippen molar-refractivity contribution in [2.75, 3.05) is 23.6 Å². The molecule has 2 N–H and O–H groups in total. The molecule has 0 radical (unpaired) electrons. The molecule has 0 bridgehead atoms. The van der Waals surface area contributed by atoms with Crippen molar-refractivity contribution < 1.29 is 4.79 Å². The van der Waals surface area contributed by atoms with E-state index in [9.17, 15) is 4.79 Å². The molecule has 7 nitrogen and oxygen atoms in total. The third-order valence-corrected chi connectivity index (χ3v) is 8.22. The quantitative estimate of drug-likeness (QED) is 0.117. The number of nitrogens with zero attached hydrogens (tertiary/aromatic N) is 5. The zero-order valence-corrected chi connectivity index (χ0v) is 25.3. The van der Waals surface area contributed by atoms with Crippen LogP contribution in [0.25, 0.3) is 16.2 Å². The smallest absolute Gasteiger partial charge is 0.213 e. The lowest BCUT2D eigenvalue weighted by Gasteiger charge is -1.98. The normalized spacial score (nSPS) is 10.4. The van der Waals surface area contributed by atoms with Crippen LogP contribution in [0.3, 0.4) is 0 Å². The molecule has 0 amide bonds. The minimum absolute atomic E-state index is 0.127. The highest BCUT2D eigenvalue weighted by atomic mass is 79.9. The number of carbonyl (C=O) groups is 1. The van der Waals surface area contributed by atoms with Crippen molar-refractivity contribution in [2.24, 2.45) is 0 Å². The molecule has 0 aliphatic carbocycles. The summed E-state index contributed by atoms with van der Waals surface area (Å²) in [6, 6.07) is 16.0. The number of Topliss-reactive ketones (excluding diaryl/α,β-unsaturated/α-hetero) is 1. The summed E-state index contributed by atoms with van der Waals surface area (Å²) in [7, 11) is 0.